The molecule has 0 fully saturated rings. The van der Waals surface area contributed by atoms with Crippen molar-refractivity contribution in [1.29, 1.82) is 0 Å². The average molecular weight is 307 g/mol. The summed E-state index contributed by atoms with van der Waals surface area (Å²) in [5.74, 6) is 1.41. The van der Waals surface area contributed by atoms with E-state index < -0.39 is 0 Å². The predicted molar refractivity (Wildman–Crippen MR) is 85.4 cm³/mol. The van der Waals surface area contributed by atoms with Gasteiger partial charge >= 0.3 is 0 Å². The van der Waals surface area contributed by atoms with Crippen LogP contribution in [0.4, 0.5) is 5.69 Å². The fourth-order valence-electron chi connectivity index (χ4n) is 1.81. The first-order chi connectivity index (χ1) is 10.2. The molecule has 0 amide bonds. The summed E-state index contributed by atoms with van der Waals surface area (Å²) >= 11 is 6.05. The van der Waals surface area contributed by atoms with E-state index in [-0.39, 0.29) is 0 Å². The normalized spacial score (nSPS) is 10.2. The summed E-state index contributed by atoms with van der Waals surface area (Å²) in [7, 11) is 1.60. The van der Waals surface area contributed by atoms with Crippen LogP contribution in [0.25, 0.3) is 0 Å². The minimum atomic E-state index is 0.605. The Morgan fingerprint density at radius 3 is 2.76 bits per heavy atom. The molecule has 5 heteroatoms. The Bertz CT molecular complexity index is 573. The van der Waals surface area contributed by atoms with Crippen LogP contribution in [0.5, 0.6) is 11.6 Å². The number of aromatic nitrogens is 1. The SMILES string of the molecule is CCCOc1ccc(Cl)cc1NCc1ccc(OC)nc1. The van der Waals surface area contributed by atoms with Gasteiger partial charge in [0.2, 0.25) is 5.88 Å². The summed E-state index contributed by atoms with van der Waals surface area (Å²) in [6.07, 6.45) is 2.74. The molecule has 21 heavy (non-hydrogen) atoms. The van der Waals surface area contributed by atoms with E-state index in [1.807, 2.05) is 30.3 Å². The Hall–Kier alpha value is -1.94. The van der Waals surface area contributed by atoms with Crippen molar-refractivity contribution in [3.8, 4) is 11.6 Å². The molecule has 1 heterocycles. The molecule has 0 atom stereocenters. The second-order valence-corrected chi connectivity index (χ2v) is 4.99. The molecule has 0 bridgehead atoms. The number of hydrogen-bond donors (Lipinski definition) is 1. The maximum Gasteiger partial charge on any atom is 0.212 e. The van der Waals surface area contributed by atoms with Gasteiger partial charge in [-0.25, -0.2) is 4.98 Å². The zero-order valence-corrected chi connectivity index (χ0v) is 13.0. The monoisotopic (exact) mass is 306 g/mol. The first kappa shape index (κ1) is 15.4. The van der Waals surface area contributed by atoms with E-state index in [0.717, 1.165) is 23.4 Å². The number of rotatable bonds is 7. The highest BCUT2D eigenvalue weighted by molar-refractivity contribution is 6.30. The minimum Gasteiger partial charge on any atom is -0.491 e. The first-order valence-corrected chi connectivity index (χ1v) is 7.26. The van der Waals surface area contributed by atoms with Gasteiger partial charge in [0.05, 0.1) is 19.4 Å². The zero-order valence-electron chi connectivity index (χ0n) is 12.2. The molecule has 1 aromatic carbocycles. The van der Waals surface area contributed by atoms with Gasteiger partial charge in [-0.2, -0.15) is 0 Å². The number of hydrogen-bond acceptors (Lipinski definition) is 4. The van der Waals surface area contributed by atoms with Gasteiger partial charge in [0, 0.05) is 23.8 Å². The Labute approximate surface area is 130 Å². The van der Waals surface area contributed by atoms with Crippen molar-refractivity contribution in [1.82, 2.24) is 4.98 Å². The van der Waals surface area contributed by atoms with E-state index in [1.165, 1.54) is 0 Å². The van der Waals surface area contributed by atoms with Gasteiger partial charge in [0.15, 0.2) is 0 Å². The Kier molecular flexibility index (Phi) is 5.69. The molecule has 0 aliphatic carbocycles. The Balaban J connectivity index is 2.05. The Morgan fingerprint density at radius 1 is 1.24 bits per heavy atom. The third-order valence-electron chi connectivity index (χ3n) is 2.89. The predicted octanol–water partition coefficient (Wildman–Crippen LogP) is 4.14. The fraction of sp³-hybridized carbons (Fsp3) is 0.312. The van der Waals surface area contributed by atoms with Crippen molar-refractivity contribution < 1.29 is 9.47 Å². The number of pyridine rings is 1. The lowest BCUT2D eigenvalue weighted by Crippen LogP contribution is -2.04. The van der Waals surface area contributed by atoms with Gasteiger partial charge in [-0.1, -0.05) is 24.6 Å². The fourth-order valence-corrected chi connectivity index (χ4v) is 1.98. The van der Waals surface area contributed by atoms with E-state index in [9.17, 15) is 0 Å². The summed E-state index contributed by atoms with van der Waals surface area (Å²) in [4.78, 5) is 4.18. The van der Waals surface area contributed by atoms with Crippen LogP contribution in [0, 0.1) is 0 Å². The van der Waals surface area contributed by atoms with Crippen molar-refractivity contribution in [2.24, 2.45) is 0 Å². The van der Waals surface area contributed by atoms with Crippen LogP contribution < -0.4 is 14.8 Å². The molecule has 1 N–H and O–H groups in total. The standard InChI is InChI=1S/C16H19ClN2O2/c1-3-8-21-15-6-5-13(17)9-14(15)18-10-12-4-7-16(20-2)19-11-12/h4-7,9,11,18H,3,8,10H2,1-2H3. The molecule has 0 spiro atoms. The highest BCUT2D eigenvalue weighted by atomic mass is 35.5. The van der Waals surface area contributed by atoms with Crippen molar-refractivity contribution >= 4 is 17.3 Å². The highest BCUT2D eigenvalue weighted by Crippen LogP contribution is 2.28. The van der Waals surface area contributed by atoms with Crippen LogP contribution in [0.3, 0.4) is 0 Å². The number of ether oxygens (including phenoxy) is 2. The second kappa shape index (κ2) is 7.74. The van der Waals surface area contributed by atoms with E-state index >= 15 is 0 Å². The summed E-state index contributed by atoms with van der Waals surface area (Å²) in [5, 5.41) is 4.00. The van der Waals surface area contributed by atoms with E-state index in [2.05, 4.69) is 17.2 Å². The lowest BCUT2D eigenvalue weighted by atomic mass is 10.2. The minimum absolute atomic E-state index is 0.605. The van der Waals surface area contributed by atoms with E-state index in [1.54, 1.807) is 13.3 Å². The molecule has 0 unspecified atom stereocenters. The van der Waals surface area contributed by atoms with Crippen LogP contribution in [0.2, 0.25) is 5.02 Å². The van der Waals surface area contributed by atoms with Gasteiger partial charge in [-0.3, -0.25) is 0 Å². The first-order valence-electron chi connectivity index (χ1n) is 6.88. The number of benzene rings is 1. The van der Waals surface area contributed by atoms with Crippen molar-refractivity contribution in [2.75, 3.05) is 19.0 Å². The molecule has 0 radical (unpaired) electrons. The Morgan fingerprint density at radius 2 is 2.10 bits per heavy atom. The number of nitrogens with one attached hydrogen (secondary N) is 1. The van der Waals surface area contributed by atoms with Gasteiger partial charge in [-0.15, -0.1) is 0 Å². The van der Waals surface area contributed by atoms with Crippen LogP contribution >= 0.6 is 11.6 Å². The number of halogens is 1. The molecule has 2 rings (SSSR count). The molecule has 0 saturated carbocycles. The lowest BCUT2D eigenvalue weighted by molar-refractivity contribution is 0.319. The van der Waals surface area contributed by atoms with Crippen LogP contribution in [0.1, 0.15) is 18.9 Å². The largest absolute Gasteiger partial charge is 0.491 e. The smallest absolute Gasteiger partial charge is 0.212 e. The summed E-state index contributed by atoms with van der Waals surface area (Å²) in [6.45, 7) is 3.40. The molecular weight excluding hydrogens is 288 g/mol. The van der Waals surface area contributed by atoms with Crippen molar-refractivity contribution in [2.45, 2.75) is 19.9 Å². The topological polar surface area (TPSA) is 43.4 Å². The lowest BCUT2D eigenvalue weighted by Gasteiger charge is -2.13. The average Bonchev–Trinajstić information content (AvgIpc) is 2.52. The quantitative estimate of drug-likeness (QED) is 0.834. The third-order valence-corrected chi connectivity index (χ3v) is 3.13. The maximum atomic E-state index is 6.05. The van der Waals surface area contributed by atoms with E-state index in [4.69, 9.17) is 21.1 Å². The molecule has 4 nitrogen and oxygen atoms in total. The van der Waals surface area contributed by atoms with Gasteiger partial charge in [-0.05, 0) is 30.2 Å². The van der Waals surface area contributed by atoms with Crippen molar-refractivity contribution in [3.63, 3.8) is 0 Å². The summed E-state index contributed by atoms with van der Waals surface area (Å²) < 4.78 is 10.8. The molecular formula is C16H19ClN2O2. The van der Waals surface area contributed by atoms with Crippen molar-refractivity contribution in [3.05, 3.63) is 47.1 Å². The number of nitrogens with zero attached hydrogens (tertiary/aromatic N) is 1. The molecule has 112 valence electrons. The maximum absolute atomic E-state index is 6.05. The van der Waals surface area contributed by atoms with Gasteiger partial charge in [0.25, 0.3) is 0 Å². The molecule has 1 aromatic heterocycles. The zero-order chi connectivity index (χ0) is 15.1. The highest BCUT2D eigenvalue weighted by Gasteiger charge is 2.05. The molecule has 0 saturated heterocycles. The van der Waals surface area contributed by atoms with Gasteiger partial charge < -0.3 is 14.8 Å². The molecule has 0 aliphatic rings. The van der Waals surface area contributed by atoms with E-state index in [0.29, 0.717) is 24.1 Å². The number of anilines is 1. The number of methoxy groups -OCH3 is 1. The van der Waals surface area contributed by atoms with Gasteiger partial charge in [0.1, 0.15) is 5.75 Å². The second-order valence-electron chi connectivity index (χ2n) is 4.55. The van der Waals surface area contributed by atoms with Crippen LogP contribution in [-0.2, 0) is 6.54 Å². The summed E-state index contributed by atoms with van der Waals surface area (Å²) in [5.41, 5.74) is 1.93. The van der Waals surface area contributed by atoms with Crippen LogP contribution in [-0.4, -0.2) is 18.7 Å². The molecule has 0 aliphatic heterocycles. The molecule has 2 aromatic rings. The van der Waals surface area contributed by atoms with Crippen LogP contribution in [0.15, 0.2) is 36.5 Å². The summed E-state index contributed by atoms with van der Waals surface area (Å²) in [6, 6.07) is 9.38. The third kappa shape index (κ3) is 4.53.